The summed E-state index contributed by atoms with van der Waals surface area (Å²) >= 11 is 1.77. The SMILES string of the molecule is CC1(C)CN(C(=O)CSC2CCNCC2)CC(CO)O1. The van der Waals surface area contributed by atoms with Crippen LogP contribution in [0.5, 0.6) is 0 Å². The van der Waals surface area contributed by atoms with Crippen LogP contribution in [0.1, 0.15) is 26.7 Å². The van der Waals surface area contributed by atoms with Crippen LogP contribution in [0, 0.1) is 0 Å². The van der Waals surface area contributed by atoms with E-state index in [0.29, 0.717) is 24.1 Å². The molecule has 0 saturated carbocycles. The zero-order valence-electron chi connectivity index (χ0n) is 12.4. The number of piperidine rings is 1. The number of morpholine rings is 1. The maximum absolute atomic E-state index is 12.3. The maximum Gasteiger partial charge on any atom is 0.232 e. The van der Waals surface area contributed by atoms with Crippen molar-refractivity contribution in [2.24, 2.45) is 0 Å². The fourth-order valence-electron chi connectivity index (χ4n) is 2.82. The molecule has 116 valence electrons. The molecule has 2 saturated heterocycles. The van der Waals surface area contributed by atoms with Gasteiger partial charge >= 0.3 is 0 Å². The highest BCUT2D eigenvalue weighted by Crippen LogP contribution is 2.24. The van der Waals surface area contributed by atoms with Crippen LogP contribution in [-0.2, 0) is 9.53 Å². The monoisotopic (exact) mass is 302 g/mol. The molecule has 0 aromatic carbocycles. The van der Waals surface area contributed by atoms with Gasteiger partial charge in [-0.2, -0.15) is 0 Å². The predicted molar refractivity (Wildman–Crippen MR) is 81.0 cm³/mol. The first-order valence-electron chi connectivity index (χ1n) is 7.39. The molecule has 0 radical (unpaired) electrons. The lowest BCUT2D eigenvalue weighted by Crippen LogP contribution is -2.56. The Kier molecular flexibility index (Phi) is 5.72. The standard InChI is InChI=1S/C14H26N2O3S/c1-14(2)10-16(7-11(8-17)19-14)13(18)9-20-12-3-5-15-6-4-12/h11-12,15,17H,3-10H2,1-2H3. The van der Waals surface area contributed by atoms with Crippen molar-refractivity contribution in [1.29, 1.82) is 0 Å². The van der Waals surface area contributed by atoms with E-state index in [1.165, 1.54) is 0 Å². The van der Waals surface area contributed by atoms with Gasteiger partial charge in [0.1, 0.15) is 0 Å². The molecule has 2 N–H and O–H groups in total. The van der Waals surface area contributed by atoms with Crippen molar-refractivity contribution in [2.75, 3.05) is 38.5 Å². The number of ether oxygens (including phenoxy) is 1. The Morgan fingerprint density at radius 1 is 1.45 bits per heavy atom. The van der Waals surface area contributed by atoms with E-state index in [1.807, 2.05) is 18.7 Å². The molecular formula is C14H26N2O3S. The number of nitrogens with zero attached hydrogens (tertiary/aromatic N) is 1. The first kappa shape index (κ1) is 16.1. The van der Waals surface area contributed by atoms with E-state index in [-0.39, 0.29) is 24.2 Å². The van der Waals surface area contributed by atoms with E-state index >= 15 is 0 Å². The number of nitrogens with one attached hydrogen (secondary N) is 1. The second kappa shape index (κ2) is 7.11. The average molecular weight is 302 g/mol. The van der Waals surface area contributed by atoms with Gasteiger partial charge in [-0.05, 0) is 39.8 Å². The molecule has 2 aliphatic rings. The summed E-state index contributed by atoms with van der Waals surface area (Å²) in [6, 6.07) is 0. The Bertz CT molecular complexity index is 332. The third kappa shape index (κ3) is 4.62. The highest BCUT2D eigenvalue weighted by atomic mass is 32.2. The van der Waals surface area contributed by atoms with E-state index in [9.17, 15) is 9.90 Å². The number of aliphatic hydroxyl groups excluding tert-OH is 1. The van der Waals surface area contributed by atoms with Crippen LogP contribution in [0.15, 0.2) is 0 Å². The number of hydrogen-bond acceptors (Lipinski definition) is 5. The first-order chi connectivity index (χ1) is 9.50. The molecule has 0 aromatic rings. The molecule has 1 atom stereocenters. The van der Waals surface area contributed by atoms with Crippen LogP contribution < -0.4 is 5.32 Å². The van der Waals surface area contributed by atoms with Crippen molar-refractivity contribution >= 4 is 17.7 Å². The summed E-state index contributed by atoms with van der Waals surface area (Å²) in [6.45, 7) is 7.13. The van der Waals surface area contributed by atoms with Crippen molar-refractivity contribution in [2.45, 2.75) is 43.6 Å². The third-order valence-electron chi connectivity index (χ3n) is 3.77. The lowest BCUT2D eigenvalue weighted by Gasteiger charge is -2.42. The second-order valence-corrected chi connectivity index (χ2v) is 7.51. The van der Waals surface area contributed by atoms with Crippen molar-refractivity contribution < 1.29 is 14.6 Å². The minimum atomic E-state index is -0.374. The quantitative estimate of drug-likeness (QED) is 0.790. The Balaban J connectivity index is 1.81. The van der Waals surface area contributed by atoms with Gasteiger partial charge in [-0.25, -0.2) is 0 Å². The number of hydrogen-bond donors (Lipinski definition) is 2. The molecule has 2 aliphatic heterocycles. The lowest BCUT2D eigenvalue weighted by atomic mass is 10.1. The minimum Gasteiger partial charge on any atom is -0.394 e. The summed E-state index contributed by atoms with van der Waals surface area (Å²) < 4.78 is 5.74. The largest absolute Gasteiger partial charge is 0.394 e. The summed E-state index contributed by atoms with van der Waals surface area (Å²) in [5.74, 6) is 0.710. The van der Waals surface area contributed by atoms with Crippen LogP contribution in [0.25, 0.3) is 0 Å². The van der Waals surface area contributed by atoms with Crippen LogP contribution in [-0.4, -0.2) is 71.4 Å². The molecule has 20 heavy (non-hydrogen) atoms. The fourth-order valence-corrected chi connectivity index (χ4v) is 3.95. The van der Waals surface area contributed by atoms with Gasteiger partial charge in [0, 0.05) is 18.3 Å². The highest BCUT2D eigenvalue weighted by Gasteiger charge is 2.35. The van der Waals surface area contributed by atoms with Gasteiger partial charge < -0.3 is 20.1 Å². The number of carbonyl (C=O) groups is 1. The average Bonchev–Trinajstić information content (AvgIpc) is 2.44. The number of amides is 1. The highest BCUT2D eigenvalue weighted by molar-refractivity contribution is 8.00. The van der Waals surface area contributed by atoms with E-state index in [1.54, 1.807) is 11.8 Å². The maximum atomic E-state index is 12.3. The topological polar surface area (TPSA) is 61.8 Å². The Morgan fingerprint density at radius 2 is 2.15 bits per heavy atom. The van der Waals surface area contributed by atoms with Gasteiger partial charge in [0.15, 0.2) is 0 Å². The summed E-state index contributed by atoms with van der Waals surface area (Å²) in [5, 5.41) is 13.2. The van der Waals surface area contributed by atoms with Gasteiger partial charge in [-0.15, -0.1) is 11.8 Å². The van der Waals surface area contributed by atoms with Crippen LogP contribution in [0.2, 0.25) is 0 Å². The molecule has 2 fully saturated rings. The van der Waals surface area contributed by atoms with E-state index in [2.05, 4.69) is 5.32 Å². The van der Waals surface area contributed by atoms with E-state index in [0.717, 1.165) is 25.9 Å². The zero-order chi connectivity index (χ0) is 14.6. The predicted octanol–water partition coefficient (Wildman–Crippen LogP) is 0.470. The molecule has 5 nitrogen and oxygen atoms in total. The van der Waals surface area contributed by atoms with Gasteiger partial charge in [-0.1, -0.05) is 0 Å². The molecule has 1 amide bonds. The van der Waals surface area contributed by atoms with Gasteiger partial charge in [-0.3, -0.25) is 4.79 Å². The summed E-state index contributed by atoms with van der Waals surface area (Å²) in [6.07, 6.45) is 2.03. The summed E-state index contributed by atoms with van der Waals surface area (Å²) in [4.78, 5) is 14.2. The molecule has 0 aliphatic carbocycles. The number of rotatable bonds is 4. The second-order valence-electron chi connectivity index (χ2n) is 6.22. The molecule has 1 unspecified atom stereocenters. The molecule has 6 heteroatoms. The fraction of sp³-hybridized carbons (Fsp3) is 0.929. The van der Waals surface area contributed by atoms with Crippen molar-refractivity contribution in [3.63, 3.8) is 0 Å². The van der Waals surface area contributed by atoms with Crippen LogP contribution in [0.4, 0.5) is 0 Å². The summed E-state index contributed by atoms with van der Waals surface area (Å²) in [5.41, 5.74) is -0.374. The van der Waals surface area contributed by atoms with Gasteiger partial charge in [0.25, 0.3) is 0 Å². The molecule has 0 spiro atoms. The van der Waals surface area contributed by atoms with Crippen molar-refractivity contribution in [3.8, 4) is 0 Å². The number of carbonyl (C=O) groups excluding carboxylic acids is 1. The van der Waals surface area contributed by atoms with Crippen LogP contribution >= 0.6 is 11.8 Å². The number of thioether (sulfide) groups is 1. The molecule has 0 bridgehead atoms. The molecule has 2 heterocycles. The minimum absolute atomic E-state index is 0.0331. The Hall–Kier alpha value is -0.300. The van der Waals surface area contributed by atoms with E-state index < -0.39 is 0 Å². The summed E-state index contributed by atoms with van der Waals surface area (Å²) in [7, 11) is 0. The third-order valence-corrected chi connectivity index (χ3v) is 5.12. The zero-order valence-corrected chi connectivity index (χ0v) is 13.2. The lowest BCUT2D eigenvalue weighted by molar-refractivity contribution is -0.165. The van der Waals surface area contributed by atoms with Crippen molar-refractivity contribution in [3.05, 3.63) is 0 Å². The molecular weight excluding hydrogens is 276 g/mol. The normalized spacial score (nSPS) is 27.6. The molecule has 0 aromatic heterocycles. The van der Waals surface area contributed by atoms with Crippen molar-refractivity contribution in [1.82, 2.24) is 10.2 Å². The number of aliphatic hydroxyl groups is 1. The van der Waals surface area contributed by atoms with Crippen LogP contribution in [0.3, 0.4) is 0 Å². The smallest absolute Gasteiger partial charge is 0.232 e. The Labute approximate surface area is 125 Å². The van der Waals surface area contributed by atoms with E-state index in [4.69, 9.17) is 4.74 Å². The van der Waals surface area contributed by atoms with Gasteiger partial charge in [0.2, 0.25) is 5.91 Å². The first-order valence-corrected chi connectivity index (χ1v) is 8.44. The Morgan fingerprint density at radius 3 is 2.80 bits per heavy atom. The molecule has 2 rings (SSSR count). The van der Waals surface area contributed by atoms with Gasteiger partial charge in [0.05, 0.1) is 24.1 Å².